The molecule has 1 aromatic carbocycles. The third kappa shape index (κ3) is 2.18. The van der Waals surface area contributed by atoms with Crippen molar-refractivity contribution in [3.05, 3.63) is 23.5 Å². The van der Waals surface area contributed by atoms with Crippen LogP contribution in [0.4, 0.5) is 4.39 Å². The average molecular weight is 225 g/mol. The lowest BCUT2D eigenvalue weighted by Crippen LogP contribution is -2.20. The van der Waals surface area contributed by atoms with E-state index in [0.29, 0.717) is 6.07 Å². The molecular weight excluding hydrogens is 213 g/mol. The number of benzene rings is 1. The summed E-state index contributed by atoms with van der Waals surface area (Å²) < 4.78 is 13.3. The Hall–Kier alpha value is -1.91. The van der Waals surface area contributed by atoms with Gasteiger partial charge in [-0.3, -0.25) is 10.2 Å². The van der Waals surface area contributed by atoms with Gasteiger partial charge in [-0.1, -0.05) is 13.8 Å². The van der Waals surface area contributed by atoms with E-state index in [-0.39, 0.29) is 5.56 Å². The molecule has 0 aliphatic carbocycles. The largest absolute Gasteiger partial charge is 0.504 e. The van der Waals surface area contributed by atoms with E-state index in [4.69, 9.17) is 15.6 Å². The highest BCUT2D eigenvalue weighted by atomic mass is 19.1. The highest BCUT2D eigenvalue weighted by Crippen LogP contribution is 2.28. The maximum atomic E-state index is 13.3. The molecule has 0 atom stereocenters. The number of carbonyl (C=O) groups is 1. The molecule has 3 N–H and O–H groups in total. The number of hydrogen-bond acceptors (Lipinski definition) is 4. The highest BCUT2D eigenvalue weighted by molar-refractivity contribution is 6.45. The number of rotatable bonds is 3. The normalized spacial score (nSPS) is 10.5. The molecule has 1 aromatic rings. The zero-order valence-corrected chi connectivity index (χ0v) is 8.91. The van der Waals surface area contributed by atoms with Crippen LogP contribution in [0.25, 0.3) is 0 Å². The summed E-state index contributed by atoms with van der Waals surface area (Å²) in [6.45, 7) is 3.18. The van der Waals surface area contributed by atoms with Crippen LogP contribution in [0.5, 0.6) is 11.5 Å². The molecule has 1 rings (SSSR count). The molecule has 0 fully saturated rings. The number of ketones is 1. The minimum absolute atomic E-state index is 0.311. The van der Waals surface area contributed by atoms with Crippen LogP contribution in [0, 0.1) is 17.1 Å². The van der Waals surface area contributed by atoms with Crippen LogP contribution in [0.1, 0.15) is 19.4 Å². The number of nitrogens with one attached hydrogen (secondary N) is 1. The molecule has 0 saturated heterocycles. The van der Waals surface area contributed by atoms with Crippen molar-refractivity contribution in [2.75, 3.05) is 0 Å². The number of halogens is 1. The SMILES string of the molecule is CC(C)C(=O)C(=N)c1cc(O)c(O)cc1F. The summed E-state index contributed by atoms with van der Waals surface area (Å²) in [5.41, 5.74) is -0.822. The van der Waals surface area contributed by atoms with Gasteiger partial charge in [-0.25, -0.2) is 4.39 Å². The molecule has 0 aromatic heterocycles. The van der Waals surface area contributed by atoms with E-state index in [2.05, 4.69) is 0 Å². The van der Waals surface area contributed by atoms with Crippen LogP contribution >= 0.6 is 0 Å². The number of Topliss-reactive ketones (excluding diaryl/α,β-unsaturated/α-hetero) is 1. The molecule has 5 heteroatoms. The van der Waals surface area contributed by atoms with Crippen LogP contribution in [-0.2, 0) is 4.79 Å². The molecule has 0 bridgehead atoms. The minimum atomic E-state index is -0.908. The van der Waals surface area contributed by atoms with Gasteiger partial charge in [-0.15, -0.1) is 0 Å². The number of aromatic hydroxyl groups is 2. The Labute approximate surface area is 91.9 Å². The Morgan fingerprint density at radius 3 is 2.31 bits per heavy atom. The number of phenolic OH excluding ortho intramolecular Hbond substituents is 2. The number of hydrogen-bond donors (Lipinski definition) is 3. The van der Waals surface area contributed by atoms with Crippen LogP contribution in [0.15, 0.2) is 12.1 Å². The monoisotopic (exact) mass is 225 g/mol. The Morgan fingerprint density at radius 2 is 1.81 bits per heavy atom. The summed E-state index contributed by atoms with van der Waals surface area (Å²) in [7, 11) is 0. The third-order valence-corrected chi connectivity index (χ3v) is 2.10. The molecule has 0 spiro atoms. The van der Waals surface area contributed by atoms with Crippen molar-refractivity contribution >= 4 is 11.5 Å². The van der Waals surface area contributed by atoms with E-state index >= 15 is 0 Å². The molecule has 0 saturated carbocycles. The topological polar surface area (TPSA) is 81.4 Å². The summed E-state index contributed by atoms with van der Waals surface area (Å²) in [5.74, 6) is -3.04. The van der Waals surface area contributed by atoms with Crippen LogP contribution < -0.4 is 0 Å². The third-order valence-electron chi connectivity index (χ3n) is 2.10. The fourth-order valence-corrected chi connectivity index (χ4v) is 1.16. The van der Waals surface area contributed by atoms with E-state index < -0.39 is 34.7 Å². The summed E-state index contributed by atoms with van der Waals surface area (Å²) >= 11 is 0. The Morgan fingerprint density at radius 1 is 1.31 bits per heavy atom. The molecule has 0 unspecified atom stereocenters. The maximum Gasteiger partial charge on any atom is 0.183 e. The van der Waals surface area contributed by atoms with Gasteiger partial charge in [0.05, 0.1) is 0 Å². The van der Waals surface area contributed by atoms with Gasteiger partial charge in [0, 0.05) is 17.5 Å². The lowest BCUT2D eigenvalue weighted by molar-refractivity contribution is -0.115. The Kier molecular flexibility index (Phi) is 3.27. The van der Waals surface area contributed by atoms with E-state index in [1.807, 2.05) is 0 Å². The Bertz CT molecular complexity index is 455. The first-order chi connectivity index (χ1) is 7.34. The zero-order valence-electron chi connectivity index (χ0n) is 8.91. The maximum absolute atomic E-state index is 13.3. The average Bonchev–Trinajstić information content (AvgIpc) is 2.21. The van der Waals surface area contributed by atoms with Gasteiger partial charge in [-0.2, -0.15) is 0 Å². The second-order valence-corrected chi connectivity index (χ2v) is 3.71. The minimum Gasteiger partial charge on any atom is -0.504 e. The van der Waals surface area contributed by atoms with Crippen molar-refractivity contribution in [3.8, 4) is 11.5 Å². The van der Waals surface area contributed by atoms with Gasteiger partial charge in [0.15, 0.2) is 17.3 Å². The first kappa shape index (κ1) is 12.2. The van der Waals surface area contributed by atoms with Crippen molar-refractivity contribution in [1.29, 1.82) is 5.41 Å². The molecule has 0 heterocycles. The molecule has 0 amide bonds. The summed E-state index contributed by atoms with van der Waals surface area (Å²) in [6, 6.07) is 1.54. The van der Waals surface area contributed by atoms with Crippen molar-refractivity contribution in [3.63, 3.8) is 0 Å². The van der Waals surface area contributed by atoms with Crippen LogP contribution in [0.3, 0.4) is 0 Å². The predicted octanol–water partition coefficient (Wildman–Crippen LogP) is 1.83. The first-order valence-electron chi connectivity index (χ1n) is 4.69. The van der Waals surface area contributed by atoms with E-state index in [9.17, 15) is 9.18 Å². The van der Waals surface area contributed by atoms with Gasteiger partial charge in [-0.05, 0) is 6.07 Å². The molecular formula is C11H12FNO3. The van der Waals surface area contributed by atoms with Crippen LogP contribution in [0.2, 0.25) is 0 Å². The zero-order chi connectivity index (χ0) is 12.5. The van der Waals surface area contributed by atoms with Crippen molar-refractivity contribution in [2.45, 2.75) is 13.8 Å². The van der Waals surface area contributed by atoms with Crippen LogP contribution in [-0.4, -0.2) is 21.7 Å². The predicted molar refractivity (Wildman–Crippen MR) is 56.4 cm³/mol. The Balaban J connectivity index is 3.19. The van der Waals surface area contributed by atoms with E-state index in [1.54, 1.807) is 13.8 Å². The van der Waals surface area contributed by atoms with E-state index in [0.717, 1.165) is 6.07 Å². The summed E-state index contributed by atoms with van der Waals surface area (Å²) in [6.07, 6.45) is 0. The lowest BCUT2D eigenvalue weighted by atomic mass is 9.98. The standard InChI is InChI=1S/C11H12FNO3/c1-5(2)11(16)10(13)6-3-8(14)9(15)4-7(6)12/h3-5,13-15H,1-2H3. The van der Waals surface area contributed by atoms with Crippen molar-refractivity contribution < 1.29 is 19.4 Å². The molecule has 4 nitrogen and oxygen atoms in total. The summed E-state index contributed by atoms with van der Waals surface area (Å²) in [5, 5.41) is 25.7. The smallest absolute Gasteiger partial charge is 0.183 e. The van der Waals surface area contributed by atoms with Gasteiger partial charge in [0.25, 0.3) is 0 Å². The van der Waals surface area contributed by atoms with Gasteiger partial charge in [0.2, 0.25) is 0 Å². The summed E-state index contributed by atoms with van der Waals surface area (Å²) in [4.78, 5) is 11.5. The first-order valence-corrected chi connectivity index (χ1v) is 4.69. The fraction of sp³-hybridized carbons (Fsp3) is 0.273. The van der Waals surface area contributed by atoms with Gasteiger partial charge in [0.1, 0.15) is 11.5 Å². The highest BCUT2D eigenvalue weighted by Gasteiger charge is 2.20. The number of carbonyl (C=O) groups excluding carboxylic acids is 1. The molecule has 0 aliphatic rings. The number of phenols is 2. The molecule has 16 heavy (non-hydrogen) atoms. The lowest BCUT2D eigenvalue weighted by Gasteiger charge is -2.08. The van der Waals surface area contributed by atoms with Gasteiger partial charge < -0.3 is 10.2 Å². The van der Waals surface area contributed by atoms with Crippen molar-refractivity contribution in [2.24, 2.45) is 5.92 Å². The molecule has 0 aliphatic heterocycles. The molecule has 86 valence electrons. The van der Waals surface area contributed by atoms with Gasteiger partial charge >= 0.3 is 0 Å². The van der Waals surface area contributed by atoms with E-state index in [1.165, 1.54) is 0 Å². The second kappa shape index (κ2) is 4.30. The second-order valence-electron chi connectivity index (χ2n) is 3.71. The fourth-order valence-electron chi connectivity index (χ4n) is 1.16. The van der Waals surface area contributed by atoms with Crippen molar-refractivity contribution in [1.82, 2.24) is 0 Å². The quantitative estimate of drug-likeness (QED) is 0.542. The molecule has 0 radical (unpaired) electrons.